The zero-order chi connectivity index (χ0) is 39.0. The van der Waals surface area contributed by atoms with Crippen LogP contribution in [-0.4, -0.2) is 47.8 Å². The molecule has 312 valence electrons. The summed E-state index contributed by atoms with van der Waals surface area (Å²) in [6, 6.07) is 0. The molecule has 2 unspecified atom stereocenters. The zero-order valence-corrected chi connectivity index (χ0v) is 36.9. The Kier molecular flexibility index (Phi) is 38.9. The molecule has 0 saturated heterocycles. The summed E-state index contributed by atoms with van der Waals surface area (Å²) in [4.78, 5) is 31.0. The highest BCUT2D eigenvalue weighted by atomic mass is 16.2. The second kappa shape index (κ2) is 40.1. The summed E-state index contributed by atoms with van der Waals surface area (Å²) in [6.07, 6.45) is 48.2. The summed E-state index contributed by atoms with van der Waals surface area (Å²) in [5, 5.41) is 0. The summed E-state index contributed by atoms with van der Waals surface area (Å²) in [6.45, 7) is 16.2. The van der Waals surface area contributed by atoms with Crippen LogP contribution in [0, 0.1) is 11.8 Å². The van der Waals surface area contributed by atoms with Crippen LogP contribution in [0.4, 0.5) is 0 Å². The van der Waals surface area contributed by atoms with Gasteiger partial charge in [-0.05, 0) is 105 Å². The van der Waals surface area contributed by atoms with Crippen molar-refractivity contribution in [1.29, 1.82) is 0 Å². The maximum absolute atomic E-state index is 13.4. The molecule has 0 N–H and O–H groups in total. The quantitative estimate of drug-likeness (QED) is 0.0463. The number of hydrogen-bond donors (Lipinski definition) is 0. The molecule has 0 aromatic heterocycles. The van der Waals surface area contributed by atoms with E-state index in [0.29, 0.717) is 11.8 Å². The minimum absolute atomic E-state index is 0.158. The molecule has 0 aromatic carbocycles. The molecule has 53 heavy (non-hydrogen) atoms. The SMILES string of the molecule is CCCCCCCCC=CCCCCCCC(CCCCCC(CCCCCCC=CCCCCCCCC)C(=O)N(CC)CC)C(=O)N(CC)CC. The molecule has 0 aromatic rings. The Morgan fingerprint density at radius 1 is 0.340 bits per heavy atom. The van der Waals surface area contributed by atoms with E-state index in [1.807, 2.05) is 9.80 Å². The van der Waals surface area contributed by atoms with Crippen molar-refractivity contribution in [2.24, 2.45) is 11.8 Å². The van der Waals surface area contributed by atoms with E-state index in [4.69, 9.17) is 0 Å². The minimum Gasteiger partial charge on any atom is -0.343 e. The highest BCUT2D eigenvalue weighted by Gasteiger charge is 2.24. The van der Waals surface area contributed by atoms with Crippen LogP contribution in [0.2, 0.25) is 0 Å². The molecule has 0 bridgehead atoms. The number of hydrogen-bond acceptors (Lipinski definition) is 2. The molecule has 0 saturated carbocycles. The molecule has 0 spiro atoms. The number of unbranched alkanes of at least 4 members (excludes halogenated alkanes) is 22. The van der Waals surface area contributed by atoms with Crippen LogP contribution in [0.5, 0.6) is 0 Å². The zero-order valence-electron chi connectivity index (χ0n) is 36.9. The molecule has 2 amide bonds. The number of rotatable bonds is 40. The fourth-order valence-electron chi connectivity index (χ4n) is 7.90. The van der Waals surface area contributed by atoms with E-state index in [-0.39, 0.29) is 11.8 Å². The van der Waals surface area contributed by atoms with Crippen LogP contribution in [-0.2, 0) is 9.59 Å². The van der Waals surface area contributed by atoms with Crippen molar-refractivity contribution in [1.82, 2.24) is 9.80 Å². The number of nitrogens with zero attached hydrogens (tertiary/aromatic N) is 2. The Morgan fingerprint density at radius 2 is 0.566 bits per heavy atom. The van der Waals surface area contributed by atoms with Crippen LogP contribution in [0.15, 0.2) is 24.3 Å². The van der Waals surface area contributed by atoms with Crippen molar-refractivity contribution >= 4 is 11.8 Å². The van der Waals surface area contributed by atoms with Gasteiger partial charge in [0, 0.05) is 38.0 Å². The van der Waals surface area contributed by atoms with Gasteiger partial charge in [-0.3, -0.25) is 9.59 Å². The summed E-state index contributed by atoms with van der Waals surface area (Å²) in [5.74, 6) is 1.06. The maximum Gasteiger partial charge on any atom is 0.225 e. The second-order valence-corrected chi connectivity index (χ2v) is 16.1. The average Bonchev–Trinajstić information content (AvgIpc) is 3.17. The van der Waals surface area contributed by atoms with Crippen LogP contribution >= 0.6 is 0 Å². The van der Waals surface area contributed by atoms with Gasteiger partial charge in [0.25, 0.3) is 0 Å². The van der Waals surface area contributed by atoms with E-state index >= 15 is 0 Å². The summed E-state index contributed by atoms with van der Waals surface area (Å²) >= 11 is 0. The molecular weight excluding hydrogens is 649 g/mol. The summed E-state index contributed by atoms with van der Waals surface area (Å²) < 4.78 is 0. The average molecular weight is 743 g/mol. The third-order valence-corrected chi connectivity index (χ3v) is 11.6. The first-order valence-electron chi connectivity index (χ1n) is 23.9. The second-order valence-electron chi connectivity index (χ2n) is 16.1. The van der Waals surface area contributed by atoms with Crippen LogP contribution in [0.25, 0.3) is 0 Å². The van der Waals surface area contributed by atoms with E-state index in [1.165, 1.54) is 141 Å². The maximum atomic E-state index is 13.4. The van der Waals surface area contributed by atoms with E-state index in [9.17, 15) is 9.59 Å². The first-order chi connectivity index (χ1) is 26.0. The molecule has 4 nitrogen and oxygen atoms in total. The van der Waals surface area contributed by atoms with Crippen LogP contribution < -0.4 is 0 Å². The smallest absolute Gasteiger partial charge is 0.225 e. The third kappa shape index (κ3) is 30.3. The number of carbonyl (C=O) groups excluding carboxylic acids is 2. The lowest BCUT2D eigenvalue weighted by atomic mass is 9.90. The first-order valence-corrected chi connectivity index (χ1v) is 23.9. The summed E-state index contributed by atoms with van der Waals surface area (Å²) in [7, 11) is 0. The van der Waals surface area contributed by atoms with E-state index in [0.717, 1.165) is 84.0 Å². The Balaban J connectivity index is 4.54. The molecule has 0 radical (unpaired) electrons. The van der Waals surface area contributed by atoms with Crippen molar-refractivity contribution in [3.8, 4) is 0 Å². The van der Waals surface area contributed by atoms with Gasteiger partial charge in [-0.1, -0.05) is 160 Å². The Morgan fingerprint density at radius 3 is 0.830 bits per heavy atom. The number of carbonyl (C=O) groups is 2. The molecule has 2 atom stereocenters. The van der Waals surface area contributed by atoms with Crippen molar-refractivity contribution in [2.45, 2.75) is 241 Å². The third-order valence-electron chi connectivity index (χ3n) is 11.6. The van der Waals surface area contributed by atoms with E-state index < -0.39 is 0 Å². The largest absolute Gasteiger partial charge is 0.343 e. The standard InChI is InChI=1S/C49H94N2O2/c1-7-13-15-17-19-21-23-25-27-29-31-33-35-38-42-46(48(52)50(9-3)10-4)44-40-37-41-45-47(49(53)51(11-5)12-6)43-39-36-34-32-30-28-26-24-22-20-18-16-14-8-2/h25-28,46-47H,7-24,29-45H2,1-6H3. The van der Waals surface area contributed by atoms with Gasteiger partial charge in [-0.2, -0.15) is 0 Å². The highest BCUT2D eigenvalue weighted by molar-refractivity contribution is 5.79. The Bertz CT molecular complexity index is 775. The van der Waals surface area contributed by atoms with Crippen LogP contribution in [0.3, 0.4) is 0 Å². The van der Waals surface area contributed by atoms with Gasteiger partial charge in [0.2, 0.25) is 11.8 Å². The molecule has 0 aliphatic heterocycles. The normalized spacial score (nSPS) is 12.9. The van der Waals surface area contributed by atoms with Gasteiger partial charge in [0.05, 0.1) is 0 Å². The van der Waals surface area contributed by atoms with Gasteiger partial charge in [0.1, 0.15) is 0 Å². The first kappa shape index (κ1) is 51.4. The fraction of sp³-hybridized carbons (Fsp3) is 0.878. The molecule has 0 heterocycles. The minimum atomic E-state index is 0.158. The topological polar surface area (TPSA) is 40.6 Å². The summed E-state index contributed by atoms with van der Waals surface area (Å²) in [5.41, 5.74) is 0. The molecule has 0 aliphatic carbocycles. The van der Waals surface area contributed by atoms with Gasteiger partial charge in [-0.25, -0.2) is 0 Å². The lowest BCUT2D eigenvalue weighted by Gasteiger charge is -2.26. The molecule has 0 aliphatic rings. The Hall–Kier alpha value is -1.58. The molecule has 0 fully saturated rings. The highest BCUT2D eigenvalue weighted by Crippen LogP contribution is 2.25. The monoisotopic (exact) mass is 743 g/mol. The van der Waals surface area contributed by atoms with Gasteiger partial charge in [-0.15, -0.1) is 0 Å². The van der Waals surface area contributed by atoms with Crippen LogP contribution in [0.1, 0.15) is 241 Å². The van der Waals surface area contributed by atoms with Crippen molar-refractivity contribution < 1.29 is 9.59 Å². The number of allylic oxidation sites excluding steroid dienone is 4. The van der Waals surface area contributed by atoms with E-state index in [2.05, 4.69) is 65.8 Å². The predicted molar refractivity (Wildman–Crippen MR) is 236 cm³/mol. The van der Waals surface area contributed by atoms with Gasteiger partial charge < -0.3 is 9.80 Å². The van der Waals surface area contributed by atoms with Gasteiger partial charge >= 0.3 is 0 Å². The molecular formula is C49H94N2O2. The molecule has 0 rings (SSSR count). The van der Waals surface area contributed by atoms with Crippen molar-refractivity contribution in [3.05, 3.63) is 24.3 Å². The van der Waals surface area contributed by atoms with Crippen molar-refractivity contribution in [3.63, 3.8) is 0 Å². The fourth-order valence-corrected chi connectivity index (χ4v) is 7.90. The predicted octanol–water partition coefficient (Wildman–Crippen LogP) is 15.2. The lowest BCUT2D eigenvalue weighted by Crippen LogP contribution is -2.36. The lowest BCUT2D eigenvalue weighted by molar-refractivity contribution is -0.136. The van der Waals surface area contributed by atoms with Gasteiger partial charge in [0.15, 0.2) is 0 Å². The number of amides is 2. The van der Waals surface area contributed by atoms with E-state index in [1.54, 1.807) is 0 Å². The van der Waals surface area contributed by atoms with Crippen molar-refractivity contribution in [2.75, 3.05) is 26.2 Å². The molecule has 4 heteroatoms. The Labute approximate surface area is 333 Å².